The number of carbonyl (C=O) groups excluding carboxylic acids is 1. The predicted octanol–water partition coefficient (Wildman–Crippen LogP) is 3.29. The molecule has 4 rings (SSSR count). The number of aryl methyl sites for hydroxylation is 1. The monoisotopic (exact) mass is 400 g/mol. The lowest BCUT2D eigenvalue weighted by atomic mass is 10.0. The first-order chi connectivity index (χ1) is 14.6. The largest absolute Gasteiger partial charge is 0.352 e. The first kappa shape index (κ1) is 19.6. The van der Waals surface area contributed by atoms with E-state index in [0.29, 0.717) is 37.3 Å². The molecule has 1 aliphatic rings. The lowest BCUT2D eigenvalue weighted by Crippen LogP contribution is -2.49. The number of aromatic nitrogens is 2. The topological polar surface area (TPSA) is 49.3 Å². The molecule has 0 radical (unpaired) electrons. The molecule has 6 heteroatoms. The van der Waals surface area contributed by atoms with Crippen molar-refractivity contribution in [2.24, 2.45) is 0 Å². The minimum absolute atomic E-state index is 0.0115. The minimum atomic E-state index is -0.317. The molecule has 5 nitrogen and oxygen atoms in total. The maximum absolute atomic E-state index is 13.4. The van der Waals surface area contributed by atoms with Gasteiger partial charge in [0.05, 0.1) is 6.20 Å². The van der Waals surface area contributed by atoms with Gasteiger partial charge in [-0.1, -0.05) is 24.0 Å². The smallest absolute Gasteiger partial charge is 0.254 e. The summed E-state index contributed by atoms with van der Waals surface area (Å²) in [6, 6.07) is 11.7. The van der Waals surface area contributed by atoms with E-state index < -0.39 is 0 Å². The zero-order valence-electron chi connectivity index (χ0n) is 16.7. The zero-order chi connectivity index (χ0) is 20.9. The summed E-state index contributed by atoms with van der Waals surface area (Å²) in [6.07, 6.45) is 5.06. The third-order valence-corrected chi connectivity index (χ3v) is 5.09. The molecule has 0 aliphatic carbocycles. The lowest BCUT2D eigenvalue weighted by Gasteiger charge is -2.35. The van der Waals surface area contributed by atoms with Gasteiger partial charge in [-0.25, -0.2) is 9.37 Å². The fourth-order valence-electron chi connectivity index (χ4n) is 3.37. The second-order valence-electron chi connectivity index (χ2n) is 7.13. The highest BCUT2D eigenvalue weighted by Crippen LogP contribution is 2.16. The van der Waals surface area contributed by atoms with Crippen LogP contribution in [0, 0.1) is 24.6 Å². The molecule has 0 unspecified atom stereocenters. The van der Waals surface area contributed by atoms with Gasteiger partial charge < -0.3 is 9.80 Å². The number of halogens is 1. The highest BCUT2D eigenvalue weighted by atomic mass is 19.1. The van der Waals surface area contributed by atoms with Crippen molar-refractivity contribution in [3.8, 4) is 11.8 Å². The normalized spacial score (nSPS) is 13.5. The summed E-state index contributed by atoms with van der Waals surface area (Å²) < 4.78 is 13.4. The van der Waals surface area contributed by atoms with E-state index in [4.69, 9.17) is 0 Å². The summed E-state index contributed by atoms with van der Waals surface area (Å²) in [6.45, 7) is 4.61. The molecule has 0 bridgehead atoms. The molecule has 3 aromatic rings. The summed E-state index contributed by atoms with van der Waals surface area (Å²) in [5.41, 5.74) is 2.95. The van der Waals surface area contributed by atoms with Crippen LogP contribution in [-0.2, 0) is 0 Å². The van der Waals surface area contributed by atoms with Crippen LogP contribution in [0.4, 0.5) is 10.2 Å². The number of carbonyl (C=O) groups is 1. The highest BCUT2D eigenvalue weighted by molar-refractivity contribution is 5.95. The van der Waals surface area contributed by atoms with Gasteiger partial charge >= 0.3 is 0 Å². The Morgan fingerprint density at radius 3 is 2.60 bits per heavy atom. The van der Waals surface area contributed by atoms with Gasteiger partial charge in [-0.15, -0.1) is 0 Å². The van der Waals surface area contributed by atoms with E-state index in [-0.39, 0.29) is 11.7 Å². The Bertz CT molecular complexity index is 1110. The summed E-state index contributed by atoms with van der Waals surface area (Å²) in [5.74, 6) is 6.55. The minimum Gasteiger partial charge on any atom is -0.352 e. The SMILES string of the molecule is Cc1ccc(C(=O)N2CCN(c3cnccn3)CC2)cc1C#Cc1cccc(F)c1. The second-order valence-corrected chi connectivity index (χ2v) is 7.13. The van der Waals surface area contributed by atoms with Gasteiger partial charge in [0.1, 0.15) is 11.6 Å². The Morgan fingerprint density at radius 1 is 1.03 bits per heavy atom. The van der Waals surface area contributed by atoms with Crippen LogP contribution in [0.5, 0.6) is 0 Å². The highest BCUT2D eigenvalue weighted by Gasteiger charge is 2.23. The molecule has 0 spiro atoms. The number of nitrogens with zero attached hydrogens (tertiary/aromatic N) is 4. The van der Waals surface area contributed by atoms with Crippen molar-refractivity contribution >= 4 is 11.7 Å². The predicted molar refractivity (Wildman–Crippen MR) is 114 cm³/mol. The van der Waals surface area contributed by atoms with Gasteiger partial charge in [0, 0.05) is 55.3 Å². The van der Waals surface area contributed by atoms with Gasteiger partial charge in [-0.2, -0.15) is 0 Å². The van der Waals surface area contributed by atoms with Crippen LogP contribution < -0.4 is 4.90 Å². The van der Waals surface area contributed by atoms with E-state index >= 15 is 0 Å². The molecule has 1 aromatic heterocycles. The number of amides is 1. The molecule has 1 aliphatic heterocycles. The zero-order valence-corrected chi connectivity index (χ0v) is 16.7. The molecule has 1 saturated heterocycles. The number of benzene rings is 2. The molecule has 0 N–H and O–H groups in total. The van der Waals surface area contributed by atoms with Crippen molar-refractivity contribution in [3.05, 3.63) is 89.1 Å². The van der Waals surface area contributed by atoms with Crippen LogP contribution in [0.3, 0.4) is 0 Å². The van der Waals surface area contributed by atoms with Crippen LogP contribution in [0.1, 0.15) is 27.0 Å². The van der Waals surface area contributed by atoms with Crippen molar-refractivity contribution < 1.29 is 9.18 Å². The Balaban J connectivity index is 1.47. The van der Waals surface area contributed by atoms with Gasteiger partial charge in [0.2, 0.25) is 0 Å². The van der Waals surface area contributed by atoms with Crippen LogP contribution in [0.25, 0.3) is 0 Å². The summed E-state index contributed by atoms with van der Waals surface area (Å²) in [7, 11) is 0. The summed E-state index contributed by atoms with van der Waals surface area (Å²) in [5, 5.41) is 0. The first-order valence-electron chi connectivity index (χ1n) is 9.78. The molecular formula is C24H21FN4O. The number of hydrogen-bond acceptors (Lipinski definition) is 4. The molecule has 2 heterocycles. The van der Waals surface area contributed by atoms with Crippen molar-refractivity contribution in [1.82, 2.24) is 14.9 Å². The van der Waals surface area contributed by atoms with Crippen molar-refractivity contribution in [3.63, 3.8) is 0 Å². The third-order valence-electron chi connectivity index (χ3n) is 5.09. The number of anilines is 1. The number of rotatable bonds is 2. The van der Waals surface area contributed by atoms with Gasteiger partial charge in [-0.3, -0.25) is 9.78 Å². The molecule has 2 aromatic carbocycles. The Labute approximate surface area is 175 Å². The number of hydrogen-bond donors (Lipinski definition) is 0. The fraction of sp³-hybridized carbons (Fsp3) is 0.208. The second kappa shape index (κ2) is 8.75. The fourth-order valence-corrected chi connectivity index (χ4v) is 3.37. The number of piperazine rings is 1. The third kappa shape index (κ3) is 4.47. The molecule has 1 fully saturated rings. The van der Waals surface area contributed by atoms with E-state index in [1.807, 2.05) is 30.0 Å². The standard InChI is InChI=1S/C24H21FN4O/c1-18-5-7-21(16-20(18)8-6-19-3-2-4-22(25)15-19)24(30)29-13-11-28(12-14-29)23-17-26-9-10-27-23/h2-5,7,9-10,15-17H,11-14H2,1H3. The average molecular weight is 400 g/mol. The van der Waals surface area contributed by atoms with Gasteiger partial charge in [0.25, 0.3) is 5.91 Å². The van der Waals surface area contributed by atoms with E-state index in [0.717, 1.165) is 16.9 Å². The van der Waals surface area contributed by atoms with E-state index in [2.05, 4.69) is 26.7 Å². The molecule has 150 valence electrons. The average Bonchev–Trinajstić information content (AvgIpc) is 2.79. The van der Waals surface area contributed by atoms with Crippen LogP contribution in [0.2, 0.25) is 0 Å². The van der Waals surface area contributed by atoms with Crippen molar-refractivity contribution in [2.75, 3.05) is 31.1 Å². The Morgan fingerprint density at radius 2 is 1.87 bits per heavy atom. The maximum Gasteiger partial charge on any atom is 0.254 e. The van der Waals surface area contributed by atoms with Crippen molar-refractivity contribution in [1.29, 1.82) is 0 Å². The van der Waals surface area contributed by atoms with Crippen LogP contribution in [0.15, 0.2) is 61.1 Å². The van der Waals surface area contributed by atoms with Gasteiger partial charge in [-0.05, 0) is 42.8 Å². The first-order valence-corrected chi connectivity index (χ1v) is 9.78. The van der Waals surface area contributed by atoms with E-state index in [9.17, 15) is 9.18 Å². The Hall–Kier alpha value is -3.72. The Kier molecular flexibility index (Phi) is 5.71. The summed E-state index contributed by atoms with van der Waals surface area (Å²) >= 11 is 0. The van der Waals surface area contributed by atoms with E-state index in [1.165, 1.54) is 12.1 Å². The molecule has 0 saturated carbocycles. The molecule has 0 atom stereocenters. The van der Waals surface area contributed by atoms with Crippen molar-refractivity contribution in [2.45, 2.75) is 6.92 Å². The van der Waals surface area contributed by atoms with Gasteiger partial charge in [0.15, 0.2) is 0 Å². The van der Waals surface area contributed by atoms with Crippen LogP contribution in [-0.4, -0.2) is 47.0 Å². The summed E-state index contributed by atoms with van der Waals surface area (Å²) in [4.78, 5) is 25.4. The maximum atomic E-state index is 13.4. The molecule has 1 amide bonds. The van der Waals surface area contributed by atoms with Crippen LogP contribution >= 0.6 is 0 Å². The van der Waals surface area contributed by atoms with E-state index in [1.54, 1.807) is 30.7 Å². The molecule has 30 heavy (non-hydrogen) atoms. The quantitative estimate of drug-likeness (QED) is 0.620. The molecular weight excluding hydrogens is 379 g/mol. The lowest BCUT2D eigenvalue weighted by molar-refractivity contribution is 0.0746.